The molecule has 1 aromatic rings. The van der Waals surface area contributed by atoms with E-state index in [-0.39, 0.29) is 5.91 Å². The molecule has 0 atom stereocenters. The van der Waals surface area contributed by atoms with Crippen molar-refractivity contribution in [2.24, 2.45) is 5.92 Å². The zero-order valence-corrected chi connectivity index (χ0v) is 16.4. The standard InChI is InChI=1S/C22H30N4O/c1-19-4-6-20(7-5-19)8-9-21-10-16-25(17-11-21)18-22(27)26(14-2-12-23)15-3-13-24/h4-7,21H,2-3,8-11,14-18H2,1H3. The zero-order valence-electron chi connectivity index (χ0n) is 16.4. The van der Waals surface area contributed by atoms with Crippen LogP contribution in [-0.4, -0.2) is 48.4 Å². The third-order valence-corrected chi connectivity index (χ3v) is 5.37. The van der Waals surface area contributed by atoms with E-state index >= 15 is 0 Å². The molecule has 1 aliphatic rings. The van der Waals surface area contributed by atoms with Crippen molar-refractivity contribution in [2.45, 2.75) is 45.4 Å². The fraction of sp³-hybridized carbons (Fsp3) is 0.591. The van der Waals surface area contributed by atoms with Gasteiger partial charge >= 0.3 is 0 Å². The number of rotatable bonds is 9. The summed E-state index contributed by atoms with van der Waals surface area (Å²) in [5, 5.41) is 17.5. The summed E-state index contributed by atoms with van der Waals surface area (Å²) in [4.78, 5) is 16.4. The summed E-state index contributed by atoms with van der Waals surface area (Å²) in [6.45, 7) is 5.27. The lowest BCUT2D eigenvalue weighted by Crippen LogP contribution is -2.44. The largest absolute Gasteiger partial charge is 0.340 e. The van der Waals surface area contributed by atoms with Crippen LogP contribution in [0.15, 0.2) is 24.3 Å². The van der Waals surface area contributed by atoms with E-state index in [4.69, 9.17) is 10.5 Å². The Kier molecular flexibility index (Phi) is 8.81. The number of hydrogen-bond acceptors (Lipinski definition) is 4. The van der Waals surface area contributed by atoms with Crippen molar-refractivity contribution >= 4 is 5.91 Å². The summed E-state index contributed by atoms with van der Waals surface area (Å²) < 4.78 is 0. The molecule has 27 heavy (non-hydrogen) atoms. The van der Waals surface area contributed by atoms with Crippen molar-refractivity contribution in [3.63, 3.8) is 0 Å². The van der Waals surface area contributed by atoms with E-state index in [0.29, 0.717) is 32.5 Å². The van der Waals surface area contributed by atoms with Gasteiger partial charge in [-0.2, -0.15) is 10.5 Å². The van der Waals surface area contributed by atoms with Crippen LogP contribution in [0.2, 0.25) is 0 Å². The van der Waals surface area contributed by atoms with Crippen molar-refractivity contribution in [1.29, 1.82) is 10.5 Å². The van der Waals surface area contributed by atoms with Crippen LogP contribution in [0.1, 0.15) is 43.2 Å². The summed E-state index contributed by atoms with van der Waals surface area (Å²) >= 11 is 0. The van der Waals surface area contributed by atoms with Gasteiger partial charge in [0, 0.05) is 13.1 Å². The van der Waals surface area contributed by atoms with Crippen molar-refractivity contribution in [2.75, 3.05) is 32.7 Å². The minimum atomic E-state index is 0.0404. The van der Waals surface area contributed by atoms with Gasteiger partial charge in [0.15, 0.2) is 0 Å². The number of amides is 1. The summed E-state index contributed by atoms with van der Waals surface area (Å²) in [5.74, 6) is 0.768. The van der Waals surface area contributed by atoms with E-state index in [9.17, 15) is 4.79 Å². The summed E-state index contributed by atoms with van der Waals surface area (Å²) in [6, 6.07) is 13.0. The maximum atomic E-state index is 12.5. The van der Waals surface area contributed by atoms with Gasteiger partial charge in [0.1, 0.15) is 0 Å². The van der Waals surface area contributed by atoms with E-state index in [1.165, 1.54) is 17.5 Å². The monoisotopic (exact) mass is 366 g/mol. The molecule has 0 aromatic heterocycles. The highest BCUT2D eigenvalue weighted by atomic mass is 16.2. The van der Waals surface area contributed by atoms with Crippen molar-refractivity contribution < 1.29 is 4.79 Å². The molecular formula is C22H30N4O. The van der Waals surface area contributed by atoms with Crippen molar-refractivity contribution in [1.82, 2.24) is 9.80 Å². The minimum absolute atomic E-state index is 0.0404. The molecule has 0 radical (unpaired) electrons. The Bertz CT molecular complexity index is 645. The Morgan fingerprint density at radius 2 is 1.70 bits per heavy atom. The molecule has 2 rings (SSSR count). The van der Waals surface area contributed by atoms with E-state index in [0.717, 1.165) is 38.3 Å². The lowest BCUT2D eigenvalue weighted by molar-refractivity contribution is -0.132. The molecule has 1 aromatic carbocycles. The Morgan fingerprint density at radius 3 is 2.26 bits per heavy atom. The number of nitrogens with zero attached hydrogens (tertiary/aromatic N) is 4. The molecule has 1 amide bonds. The average Bonchev–Trinajstić information content (AvgIpc) is 2.68. The van der Waals surface area contributed by atoms with Gasteiger partial charge in [-0.15, -0.1) is 0 Å². The summed E-state index contributed by atoms with van der Waals surface area (Å²) in [6.07, 6.45) is 5.24. The Balaban J connectivity index is 1.72. The van der Waals surface area contributed by atoms with Crippen LogP contribution in [0.3, 0.4) is 0 Å². The third kappa shape index (κ3) is 7.41. The molecule has 1 aliphatic heterocycles. The minimum Gasteiger partial charge on any atom is -0.340 e. The van der Waals surface area contributed by atoms with Crippen LogP contribution in [-0.2, 0) is 11.2 Å². The highest BCUT2D eigenvalue weighted by Crippen LogP contribution is 2.22. The predicted molar refractivity (Wildman–Crippen MR) is 106 cm³/mol. The van der Waals surface area contributed by atoms with Gasteiger partial charge < -0.3 is 4.90 Å². The van der Waals surface area contributed by atoms with Crippen molar-refractivity contribution in [3.8, 4) is 12.1 Å². The maximum absolute atomic E-state index is 12.5. The normalized spacial score (nSPS) is 15.1. The van der Waals surface area contributed by atoms with Gasteiger partial charge in [0.05, 0.1) is 31.5 Å². The lowest BCUT2D eigenvalue weighted by atomic mass is 9.90. The van der Waals surface area contributed by atoms with Crippen LogP contribution in [0, 0.1) is 35.5 Å². The molecule has 1 fully saturated rings. The molecule has 5 heteroatoms. The second-order valence-electron chi connectivity index (χ2n) is 7.44. The molecule has 144 valence electrons. The van der Waals surface area contributed by atoms with Crippen LogP contribution < -0.4 is 0 Å². The number of carbonyl (C=O) groups excluding carboxylic acids is 1. The van der Waals surface area contributed by atoms with E-state index < -0.39 is 0 Å². The van der Waals surface area contributed by atoms with E-state index in [2.05, 4.69) is 48.2 Å². The molecule has 0 saturated carbocycles. The third-order valence-electron chi connectivity index (χ3n) is 5.37. The Morgan fingerprint density at radius 1 is 1.11 bits per heavy atom. The van der Waals surface area contributed by atoms with Gasteiger partial charge in [-0.05, 0) is 57.2 Å². The SMILES string of the molecule is Cc1ccc(CCC2CCN(CC(=O)N(CCC#N)CCC#N)CC2)cc1. The molecular weight excluding hydrogens is 336 g/mol. The number of benzene rings is 1. The first-order valence-corrected chi connectivity index (χ1v) is 9.92. The van der Waals surface area contributed by atoms with Crippen LogP contribution in [0.4, 0.5) is 0 Å². The Labute approximate surface area is 163 Å². The highest BCUT2D eigenvalue weighted by Gasteiger charge is 2.22. The second-order valence-corrected chi connectivity index (χ2v) is 7.44. The lowest BCUT2D eigenvalue weighted by Gasteiger charge is -2.33. The van der Waals surface area contributed by atoms with Gasteiger partial charge in [0.25, 0.3) is 0 Å². The predicted octanol–water partition coefficient (Wildman–Crippen LogP) is 3.30. The molecule has 1 saturated heterocycles. The topological polar surface area (TPSA) is 71.1 Å². The number of hydrogen-bond donors (Lipinski definition) is 0. The first-order valence-electron chi connectivity index (χ1n) is 9.92. The highest BCUT2D eigenvalue weighted by molar-refractivity contribution is 5.78. The number of likely N-dealkylation sites (tertiary alicyclic amines) is 1. The van der Waals surface area contributed by atoms with Gasteiger partial charge in [-0.1, -0.05) is 29.8 Å². The Hall–Kier alpha value is -2.37. The molecule has 0 bridgehead atoms. The smallest absolute Gasteiger partial charge is 0.236 e. The number of piperidine rings is 1. The first-order chi connectivity index (χ1) is 13.1. The zero-order chi connectivity index (χ0) is 19.5. The van der Waals surface area contributed by atoms with E-state index in [1.807, 2.05) is 0 Å². The van der Waals surface area contributed by atoms with Crippen LogP contribution >= 0.6 is 0 Å². The van der Waals surface area contributed by atoms with Crippen molar-refractivity contribution in [3.05, 3.63) is 35.4 Å². The fourth-order valence-electron chi connectivity index (χ4n) is 3.58. The molecule has 1 heterocycles. The van der Waals surface area contributed by atoms with Gasteiger partial charge in [-0.3, -0.25) is 9.69 Å². The summed E-state index contributed by atoms with van der Waals surface area (Å²) in [5.41, 5.74) is 2.71. The van der Waals surface area contributed by atoms with Crippen LogP contribution in [0.5, 0.6) is 0 Å². The fourth-order valence-corrected chi connectivity index (χ4v) is 3.58. The first kappa shape index (κ1) is 20.9. The molecule has 0 aliphatic carbocycles. The number of nitriles is 2. The number of carbonyl (C=O) groups is 1. The maximum Gasteiger partial charge on any atom is 0.236 e. The quantitative estimate of drug-likeness (QED) is 0.672. The van der Waals surface area contributed by atoms with Gasteiger partial charge in [-0.25, -0.2) is 0 Å². The second kappa shape index (κ2) is 11.4. The molecule has 0 N–H and O–H groups in total. The molecule has 0 spiro atoms. The molecule has 5 nitrogen and oxygen atoms in total. The number of aryl methyl sites for hydroxylation is 2. The summed E-state index contributed by atoms with van der Waals surface area (Å²) in [7, 11) is 0. The van der Waals surface area contributed by atoms with Crippen LogP contribution in [0.25, 0.3) is 0 Å². The van der Waals surface area contributed by atoms with E-state index in [1.54, 1.807) is 4.90 Å². The van der Waals surface area contributed by atoms with Gasteiger partial charge in [0.2, 0.25) is 5.91 Å². The molecule has 0 unspecified atom stereocenters. The average molecular weight is 367 g/mol.